The van der Waals surface area contributed by atoms with Crippen molar-refractivity contribution in [2.24, 2.45) is 0 Å². The number of pyridine rings is 1. The van der Waals surface area contributed by atoms with Gasteiger partial charge in [-0.25, -0.2) is 4.79 Å². The summed E-state index contributed by atoms with van der Waals surface area (Å²) in [6.45, 7) is 2.34. The maximum absolute atomic E-state index is 11.8. The zero-order valence-electron chi connectivity index (χ0n) is 13.1. The summed E-state index contributed by atoms with van der Waals surface area (Å²) in [5.41, 5.74) is 3.17. The topological polar surface area (TPSA) is 68.3 Å². The van der Waals surface area contributed by atoms with Crippen molar-refractivity contribution in [2.75, 3.05) is 7.11 Å². The molecule has 0 unspecified atom stereocenters. The molecule has 1 amide bonds. The van der Waals surface area contributed by atoms with Crippen LogP contribution in [0.5, 0.6) is 0 Å². The smallest absolute Gasteiger partial charge is 0.337 e. The molecule has 0 aliphatic heterocycles. The maximum Gasteiger partial charge on any atom is 0.337 e. The zero-order valence-corrected chi connectivity index (χ0v) is 13.1. The van der Waals surface area contributed by atoms with Crippen LogP contribution in [0.1, 0.15) is 27.2 Å². The molecule has 0 saturated heterocycles. The highest BCUT2D eigenvalue weighted by Crippen LogP contribution is 2.07. The number of methoxy groups -OCH3 is 1. The average molecular weight is 310 g/mol. The Morgan fingerprint density at radius 1 is 1.22 bits per heavy atom. The van der Waals surface area contributed by atoms with E-state index >= 15 is 0 Å². The molecule has 2 aromatic rings. The summed E-state index contributed by atoms with van der Waals surface area (Å²) in [4.78, 5) is 27.4. The lowest BCUT2D eigenvalue weighted by Gasteiger charge is -2.04. The first-order chi connectivity index (χ1) is 11.1. The molecule has 5 nitrogen and oxygen atoms in total. The Hall–Kier alpha value is -2.95. The van der Waals surface area contributed by atoms with Crippen LogP contribution < -0.4 is 5.32 Å². The first-order valence-electron chi connectivity index (χ1n) is 7.15. The normalized spacial score (nSPS) is 10.5. The van der Waals surface area contributed by atoms with Crippen LogP contribution in [0.4, 0.5) is 0 Å². The summed E-state index contributed by atoms with van der Waals surface area (Å²) in [6, 6.07) is 10.6. The second-order valence-electron chi connectivity index (χ2n) is 4.93. The van der Waals surface area contributed by atoms with Gasteiger partial charge in [0.1, 0.15) is 0 Å². The van der Waals surface area contributed by atoms with Gasteiger partial charge in [0.05, 0.1) is 24.9 Å². The lowest BCUT2D eigenvalue weighted by atomic mass is 10.1. The fourth-order valence-corrected chi connectivity index (χ4v) is 1.95. The Balaban J connectivity index is 1.91. The third-order valence-corrected chi connectivity index (χ3v) is 3.31. The number of benzene rings is 1. The van der Waals surface area contributed by atoms with Gasteiger partial charge in [-0.15, -0.1) is 0 Å². The van der Waals surface area contributed by atoms with Gasteiger partial charge >= 0.3 is 5.97 Å². The minimum Gasteiger partial charge on any atom is -0.465 e. The third-order valence-electron chi connectivity index (χ3n) is 3.31. The Morgan fingerprint density at radius 3 is 2.61 bits per heavy atom. The Bertz CT molecular complexity index is 721. The van der Waals surface area contributed by atoms with E-state index in [1.54, 1.807) is 36.5 Å². The van der Waals surface area contributed by atoms with E-state index in [1.165, 1.54) is 13.2 Å². The third kappa shape index (κ3) is 4.78. The summed E-state index contributed by atoms with van der Waals surface area (Å²) < 4.78 is 4.63. The van der Waals surface area contributed by atoms with Crippen molar-refractivity contribution in [1.29, 1.82) is 0 Å². The minimum atomic E-state index is -0.385. The number of carbonyl (C=O) groups is 2. The van der Waals surface area contributed by atoms with E-state index in [1.807, 2.05) is 19.1 Å². The van der Waals surface area contributed by atoms with Gasteiger partial charge in [0, 0.05) is 12.3 Å². The Morgan fingerprint density at radius 2 is 1.96 bits per heavy atom. The second kappa shape index (κ2) is 7.89. The number of amides is 1. The SMILES string of the molecule is COC(=O)c1ccc(/C=C/C(=O)NCc2ncccc2C)cc1. The van der Waals surface area contributed by atoms with E-state index in [9.17, 15) is 9.59 Å². The molecule has 1 N–H and O–H groups in total. The predicted molar refractivity (Wildman–Crippen MR) is 87.6 cm³/mol. The van der Waals surface area contributed by atoms with Crippen molar-refractivity contribution in [2.45, 2.75) is 13.5 Å². The highest BCUT2D eigenvalue weighted by atomic mass is 16.5. The fourth-order valence-electron chi connectivity index (χ4n) is 1.95. The second-order valence-corrected chi connectivity index (χ2v) is 4.93. The van der Waals surface area contributed by atoms with E-state index < -0.39 is 0 Å². The molecule has 0 saturated carbocycles. The number of rotatable bonds is 5. The molecule has 0 spiro atoms. The van der Waals surface area contributed by atoms with Crippen molar-refractivity contribution in [3.8, 4) is 0 Å². The molecule has 0 radical (unpaired) electrons. The molecule has 0 bridgehead atoms. The summed E-state index contributed by atoms with van der Waals surface area (Å²) >= 11 is 0. The van der Waals surface area contributed by atoms with Gasteiger partial charge in [-0.2, -0.15) is 0 Å². The number of hydrogen-bond donors (Lipinski definition) is 1. The van der Waals surface area contributed by atoms with Crippen LogP contribution in [0.3, 0.4) is 0 Å². The maximum atomic E-state index is 11.8. The molecule has 0 aliphatic rings. The highest BCUT2D eigenvalue weighted by molar-refractivity contribution is 5.92. The molecular weight excluding hydrogens is 292 g/mol. The molecule has 118 valence electrons. The molecule has 1 aromatic heterocycles. The standard InChI is InChI=1S/C18H18N2O3/c1-13-4-3-11-19-16(13)12-20-17(21)10-7-14-5-8-15(9-6-14)18(22)23-2/h3-11H,12H2,1-2H3,(H,20,21)/b10-7+. The monoisotopic (exact) mass is 310 g/mol. The van der Waals surface area contributed by atoms with Crippen molar-refractivity contribution in [3.05, 3.63) is 71.1 Å². The van der Waals surface area contributed by atoms with Crippen LogP contribution in [-0.2, 0) is 16.1 Å². The number of esters is 1. The lowest BCUT2D eigenvalue weighted by molar-refractivity contribution is -0.116. The first kappa shape index (κ1) is 16.4. The molecule has 2 rings (SSSR count). The molecule has 0 fully saturated rings. The number of nitrogens with one attached hydrogen (secondary N) is 1. The molecule has 1 aromatic carbocycles. The molecule has 23 heavy (non-hydrogen) atoms. The number of hydrogen-bond acceptors (Lipinski definition) is 4. The highest BCUT2D eigenvalue weighted by Gasteiger charge is 2.04. The summed E-state index contributed by atoms with van der Waals surface area (Å²) in [7, 11) is 1.34. The van der Waals surface area contributed by atoms with Crippen LogP contribution in [-0.4, -0.2) is 24.0 Å². The van der Waals surface area contributed by atoms with Crippen LogP contribution in [0.15, 0.2) is 48.7 Å². The van der Waals surface area contributed by atoms with Crippen LogP contribution >= 0.6 is 0 Å². The van der Waals surface area contributed by atoms with Gasteiger partial charge in [-0.3, -0.25) is 9.78 Å². The van der Waals surface area contributed by atoms with Crippen LogP contribution in [0.2, 0.25) is 0 Å². The molecule has 5 heteroatoms. The number of nitrogens with zero attached hydrogens (tertiary/aromatic N) is 1. The van der Waals surface area contributed by atoms with Crippen LogP contribution in [0.25, 0.3) is 6.08 Å². The number of aryl methyl sites for hydroxylation is 1. The van der Waals surface area contributed by atoms with Gasteiger partial charge in [0.25, 0.3) is 0 Å². The average Bonchev–Trinajstić information content (AvgIpc) is 2.59. The van der Waals surface area contributed by atoms with Gasteiger partial charge in [0.2, 0.25) is 5.91 Å². The Kier molecular flexibility index (Phi) is 5.63. The van der Waals surface area contributed by atoms with E-state index in [0.29, 0.717) is 12.1 Å². The summed E-state index contributed by atoms with van der Waals surface area (Å²) in [6.07, 6.45) is 4.83. The van der Waals surface area contributed by atoms with Gasteiger partial charge in [-0.05, 0) is 42.3 Å². The number of carbonyl (C=O) groups excluding carboxylic acids is 2. The summed E-state index contributed by atoms with van der Waals surface area (Å²) in [5, 5.41) is 2.79. The lowest BCUT2D eigenvalue weighted by Crippen LogP contribution is -2.21. The largest absolute Gasteiger partial charge is 0.465 e. The van der Waals surface area contributed by atoms with E-state index in [0.717, 1.165) is 16.8 Å². The molecule has 1 heterocycles. The zero-order chi connectivity index (χ0) is 16.7. The molecule has 0 atom stereocenters. The van der Waals surface area contributed by atoms with E-state index in [4.69, 9.17) is 0 Å². The summed E-state index contributed by atoms with van der Waals surface area (Å²) in [5.74, 6) is -0.587. The molecule has 0 aliphatic carbocycles. The predicted octanol–water partition coefficient (Wildman–Crippen LogP) is 2.51. The first-order valence-corrected chi connectivity index (χ1v) is 7.15. The van der Waals surface area contributed by atoms with Gasteiger partial charge in [0.15, 0.2) is 0 Å². The quantitative estimate of drug-likeness (QED) is 0.680. The van der Waals surface area contributed by atoms with Crippen molar-refractivity contribution in [1.82, 2.24) is 10.3 Å². The minimum absolute atomic E-state index is 0.202. The fraction of sp³-hybridized carbons (Fsp3) is 0.167. The molecular formula is C18H18N2O3. The van der Waals surface area contributed by atoms with Gasteiger partial charge < -0.3 is 10.1 Å². The number of aromatic nitrogens is 1. The number of ether oxygens (including phenoxy) is 1. The van der Waals surface area contributed by atoms with Crippen molar-refractivity contribution >= 4 is 18.0 Å². The van der Waals surface area contributed by atoms with E-state index in [-0.39, 0.29) is 11.9 Å². The van der Waals surface area contributed by atoms with Crippen LogP contribution in [0, 0.1) is 6.92 Å². The van der Waals surface area contributed by atoms with E-state index in [2.05, 4.69) is 15.0 Å². The van der Waals surface area contributed by atoms with Crippen molar-refractivity contribution < 1.29 is 14.3 Å². The van der Waals surface area contributed by atoms with Gasteiger partial charge in [-0.1, -0.05) is 18.2 Å². The van der Waals surface area contributed by atoms with Crippen molar-refractivity contribution in [3.63, 3.8) is 0 Å². The Labute approximate surface area is 135 Å².